The van der Waals surface area contributed by atoms with Gasteiger partial charge in [0.1, 0.15) is 23.2 Å². The number of aromatic amines is 2. The van der Waals surface area contributed by atoms with Gasteiger partial charge >= 0.3 is 0 Å². The van der Waals surface area contributed by atoms with Crippen LogP contribution in [0.5, 0.6) is 0 Å². The number of hydrogen-bond donors (Lipinski definition) is 2. The molecule has 3 heterocycles. The number of rotatable bonds is 1. The molecule has 1 aromatic carbocycles. The maximum Gasteiger partial charge on any atom is 0.181 e. The molecule has 0 saturated heterocycles. The average Bonchev–Trinajstić information content (AvgIpc) is 3.04. The van der Waals surface area contributed by atoms with E-state index in [0.29, 0.717) is 5.65 Å². The van der Waals surface area contributed by atoms with Crippen molar-refractivity contribution in [2.75, 3.05) is 0 Å². The van der Waals surface area contributed by atoms with E-state index in [9.17, 15) is 0 Å². The highest BCUT2D eigenvalue weighted by atomic mass is 15.0. The van der Waals surface area contributed by atoms with Crippen LogP contribution in [0.3, 0.4) is 0 Å². The topological polar surface area (TPSA) is 83.1 Å². The highest BCUT2D eigenvalue weighted by Gasteiger charge is 2.10. The van der Waals surface area contributed by atoms with Crippen LogP contribution in [-0.4, -0.2) is 29.9 Å². The van der Waals surface area contributed by atoms with Gasteiger partial charge in [0, 0.05) is 5.56 Å². The Balaban J connectivity index is 2.04. The normalized spacial score (nSPS) is 11.3. The summed E-state index contributed by atoms with van der Waals surface area (Å²) < 4.78 is 0. The summed E-state index contributed by atoms with van der Waals surface area (Å²) in [5.74, 6) is 0.733. The summed E-state index contributed by atoms with van der Waals surface area (Å²) in [5.41, 5.74) is 4.15. The molecule has 0 aliphatic rings. The lowest BCUT2D eigenvalue weighted by molar-refractivity contribution is 1.20. The Morgan fingerprint density at radius 1 is 1.17 bits per heavy atom. The fourth-order valence-electron chi connectivity index (χ4n) is 1.99. The third-order valence-corrected chi connectivity index (χ3v) is 2.81. The number of imidazole rings is 2. The van der Waals surface area contributed by atoms with Gasteiger partial charge in [0.25, 0.3) is 0 Å². The van der Waals surface area contributed by atoms with Gasteiger partial charge in [-0.3, -0.25) is 0 Å². The number of hydrogen-bond acceptors (Lipinski definition) is 4. The summed E-state index contributed by atoms with van der Waals surface area (Å²) >= 11 is 0. The predicted molar refractivity (Wildman–Crippen MR) is 65.6 cm³/mol. The van der Waals surface area contributed by atoms with Crippen LogP contribution in [0.2, 0.25) is 0 Å². The standard InChI is InChI=1S/C12H7N6/c1-2-7(10-8(3-1)14-6-15-10)11-17-9-4-13-5-16-12(9)18-11/h1-5H,(H,14,15)(H,13,16,17,18). The quantitative estimate of drug-likeness (QED) is 0.526. The molecule has 0 spiro atoms. The highest BCUT2D eigenvalue weighted by molar-refractivity contribution is 5.91. The summed E-state index contributed by atoms with van der Waals surface area (Å²) in [6.45, 7) is 0. The number of nitrogens with zero attached hydrogens (tertiary/aromatic N) is 4. The maximum absolute atomic E-state index is 4.44. The van der Waals surface area contributed by atoms with Gasteiger partial charge in [0.2, 0.25) is 0 Å². The second-order valence-corrected chi connectivity index (χ2v) is 3.90. The monoisotopic (exact) mass is 235 g/mol. The number of para-hydroxylation sites is 1. The van der Waals surface area contributed by atoms with E-state index in [1.54, 1.807) is 6.20 Å². The van der Waals surface area contributed by atoms with E-state index in [-0.39, 0.29) is 0 Å². The third kappa shape index (κ3) is 1.22. The van der Waals surface area contributed by atoms with Crippen LogP contribution in [0, 0.1) is 6.33 Å². The van der Waals surface area contributed by atoms with Crippen LogP contribution in [0.15, 0.2) is 30.7 Å². The second-order valence-electron chi connectivity index (χ2n) is 3.90. The Labute approximate surface area is 101 Å². The van der Waals surface area contributed by atoms with Crippen molar-refractivity contribution in [3.05, 3.63) is 37.1 Å². The Morgan fingerprint density at radius 3 is 3.11 bits per heavy atom. The van der Waals surface area contributed by atoms with Crippen molar-refractivity contribution in [2.24, 2.45) is 0 Å². The van der Waals surface area contributed by atoms with Crippen molar-refractivity contribution in [3.63, 3.8) is 0 Å². The molecular formula is C12H7N6. The van der Waals surface area contributed by atoms with Gasteiger partial charge < -0.3 is 9.97 Å². The first-order valence-electron chi connectivity index (χ1n) is 5.43. The van der Waals surface area contributed by atoms with E-state index in [1.807, 2.05) is 18.2 Å². The molecule has 0 amide bonds. The number of H-pyrrole nitrogens is 2. The van der Waals surface area contributed by atoms with Crippen LogP contribution in [0.1, 0.15) is 0 Å². The zero-order valence-corrected chi connectivity index (χ0v) is 9.18. The van der Waals surface area contributed by atoms with Gasteiger partial charge in [0.15, 0.2) is 12.0 Å². The van der Waals surface area contributed by atoms with E-state index in [1.165, 1.54) is 6.33 Å². The molecule has 6 heteroatoms. The highest BCUT2D eigenvalue weighted by Crippen LogP contribution is 2.25. The van der Waals surface area contributed by atoms with Crippen molar-refractivity contribution in [3.8, 4) is 11.4 Å². The SMILES string of the molecule is [c]1nc2c(-c3nc4ncncc4[nH]3)cccc2[nH]1. The largest absolute Gasteiger partial charge is 0.335 e. The van der Waals surface area contributed by atoms with Crippen LogP contribution in [0.25, 0.3) is 33.6 Å². The molecule has 0 aliphatic heterocycles. The van der Waals surface area contributed by atoms with E-state index in [0.717, 1.165) is 27.9 Å². The van der Waals surface area contributed by atoms with E-state index in [4.69, 9.17) is 0 Å². The fourth-order valence-corrected chi connectivity index (χ4v) is 1.99. The molecule has 4 aromatic rings. The van der Waals surface area contributed by atoms with Crippen LogP contribution < -0.4 is 0 Å². The average molecular weight is 235 g/mol. The molecule has 0 bridgehead atoms. The zero-order valence-electron chi connectivity index (χ0n) is 9.18. The molecule has 1 radical (unpaired) electrons. The third-order valence-electron chi connectivity index (χ3n) is 2.81. The van der Waals surface area contributed by atoms with Crippen LogP contribution in [0.4, 0.5) is 0 Å². The Morgan fingerprint density at radius 2 is 2.17 bits per heavy atom. The molecular weight excluding hydrogens is 228 g/mol. The minimum absolute atomic E-state index is 0.650. The Hall–Kier alpha value is -2.76. The number of aromatic nitrogens is 6. The van der Waals surface area contributed by atoms with E-state index >= 15 is 0 Å². The van der Waals surface area contributed by atoms with Gasteiger partial charge in [-0.1, -0.05) is 6.07 Å². The molecule has 18 heavy (non-hydrogen) atoms. The lowest BCUT2D eigenvalue weighted by Crippen LogP contribution is -1.82. The summed E-state index contributed by atoms with van der Waals surface area (Å²) in [4.78, 5) is 22.8. The molecule has 0 atom stereocenters. The summed E-state index contributed by atoms with van der Waals surface area (Å²) in [6, 6.07) is 5.86. The smallest absolute Gasteiger partial charge is 0.181 e. The number of benzene rings is 1. The summed E-state index contributed by atoms with van der Waals surface area (Å²) in [5, 5.41) is 0. The Kier molecular flexibility index (Phi) is 1.74. The van der Waals surface area contributed by atoms with Gasteiger partial charge in [-0.2, -0.15) is 0 Å². The number of nitrogens with one attached hydrogen (secondary N) is 2. The first kappa shape index (κ1) is 9.29. The van der Waals surface area contributed by atoms with Crippen LogP contribution in [-0.2, 0) is 0 Å². The van der Waals surface area contributed by atoms with Crippen molar-refractivity contribution in [1.29, 1.82) is 0 Å². The molecule has 0 unspecified atom stereocenters. The van der Waals surface area contributed by atoms with Crippen molar-refractivity contribution < 1.29 is 0 Å². The molecule has 6 nitrogen and oxygen atoms in total. The molecule has 0 saturated carbocycles. The van der Waals surface area contributed by atoms with E-state index in [2.05, 4.69) is 36.2 Å². The Bertz CT molecular complexity index is 811. The summed E-state index contributed by atoms with van der Waals surface area (Å²) in [7, 11) is 0. The molecule has 3 aromatic heterocycles. The van der Waals surface area contributed by atoms with E-state index < -0.39 is 0 Å². The molecule has 4 rings (SSSR count). The van der Waals surface area contributed by atoms with Gasteiger partial charge in [-0.05, 0) is 12.1 Å². The lowest BCUT2D eigenvalue weighted by Gasteiger charge is -1.96. The minimum atomic E-state index is 0.650. The summed E-state index contributed by atoms with van der Waals surface area (Å²) in [6.07, 6.45) is 5.92. The predicted octanol–water partition coefficient (Wildman–Crippen LogP) is 1.70. The molecule has 2 N–H and O–H groups in total. The maximum atomic E-state index is 4.44. The molecule has 0 aliphatic carbocycles. The minimum Gasteiger partial charge on any atom is -0.335 e. The lowest BCUT2D eigenvalue weighted by atomic mass is 10.2. The fraction of sp³-hybridized carbons (Fsp3) is 0. The van der Waals surface area contributed by atoms with Gasteiger partial charge in [0.05, 0.1) is 11.7 Å². The van der Waals surface area contributed by atoms with Crippen molar-refractivity contribution in [1.82, 2.24) is 29.9 Å². The zero-order chi connectivity index (χ0) is 11.9. The first-order valence-corrected chi connectivity index (χ1v) is 5.43. The molecule has 85 valence electrons. The first-order chi connectivity index (χ1) is 8.92. The van der Waals surface area contributed by atoms with Crippen molar-refractivity contribution in [2.45, 2.75) is 0 Å². The molecule has 0 fully saturated rings. The van der Waals surface area contributed by atoms with Gasteiger partial charge in [-0.25, -0.2) is 19.9 Å². The second kappa shape index (κ2) is 3.36. The van der Waals surface area contributed by atoms with Crippen molar-refractivity contribution >= 4 is 22.2 Å². The number of fused-ring (bicyclic) bond motifs is 2. The van der Waals surface area contributed by atoms with Gasteiger partial charge in [-0.15, -0.1) is 0 Å². The van der Waals surface area contributed by atoms with Crippen LogP contribution >= 0.6 is 0 Å².